The first-order chi connectivity index (χ1) is 13.5. The molecule has 0 amide bonds. The smallest absolute Gasteiger partial charge is 0.191 e. The number of aliphatic imine (C=N–C) groups is 1. The average Bonchev–Trinajstić information content (AvgIpc) is 3.34. The third kappa shape index (κ3) is 4.98. The van der Waals surface area contributed by atoms with Gasteiger partial charge >= 0.3 is 0 Å². The van der Waals surface area contributed by atoms with Crippen molar-refractivity contribution in [2.45, 2.75) is 26.0 Å². The van der Waals surface area contributed by atoms with E-state index < -0.39 is 5.60 Å². The first kappa shape index (κ1) is 19.6. The van der Waals surface area contributed by atoms with Gasteiger partial charge in [0.2, 0.25) is 0 Å². The normalized spacial score (nSPS) is 13.9. The zero-order chi connectivity index (χ0) is 20.0. The number of hydrogen-bond acceptors (Lipinski definition) is 4. The van der Waals surface area contributed by atoms with Crippen molar-refractivity contribution in [3.05, 3.63) is 66.2 Å². The molecule has 0 fully saturated rings. The Balaban J connectivity index is 1.63. The molecule has 2 heterocycles. The molecule has 0 bridgehead atoms. The Morgan fingerprint density at radius 3 is 2.61 bits per heavy atom. The number of rotatable bonds is 7. The van der Waals surface area contributed by atoms with Crippen LogP contribution < -0.4 is 10.6 Å². The van der Waals surface area contributed by atoms with E-state index in [2.05, 4.69) is 25.8 Å². The number of nitrogens with one attached hydrogen (secondary N) is 2. The van der Waals surface area contributed by atoms with Crippen molar-refractivity contribution >= 4 is 5.96 Å². The van der Waals surface area contributed by atoms with Gasteiger partial charge in [0.1, 0.15) is 5.60 Å². The Hall–Kier alpha value is -3.13. The zero-order valence-electron chi connectivity index (χ0n) is 16.5. The predicted octanol–water partition coefficient (Wildman–Crippen LogP) is 1.57. The molecule has 3 N–H and O–H groups in total. The molecule has 28 heavy (non-hydrogen) atoms. The summed E-state index contributed by atoms with van der Waals surface area (Å²) in [4.78, 5) is 4.60. The van der Waals surface area contributed by atoms with E-state index in [4.69, 9.17) is 0 Å². The molecule has 0 spiro atoms. The molecule has 0 saturated heterocycles. The molecule has 8 heteroatoms. The van der Waals surface area contributed by atoms with Gasteiger partial charge in [-0.3, -0.25) is 4.68 Å². The molecule has 0 aliphatic rings. The number of nitrogens with zero attached hydrogens (tertiary/aromatic N) is 5. The molecule has 0 aliphatic heterocycles. The second-order valence-corrected chi connectivity index (χ2v) is 6.85. The summed E-state index contributed by atoms with van der Waals surface area (Å²) >= 11 is 0. The largest absolute Gasteiger partial charge is 0.383 e. The lowest BCUT2D eigenvalue weighted by Gasteiger charge is -2.23. The Labute approximate surface area is 164 Å². The number of guanidine groups is 1. The summed E-state index contributed by atoms with van der Waals surface area (Å²) in [6.07, 6.45) is 7.26. The molecule has 1 unspecified atom stereocenters. The molecule has 148 valence electrons. The first-order valence-corrected chi connectivity index (χ1v) is 9.30. The fourth-order valence-corrected chi connectivity index (χ4v) is 2.73. The van der Waals surface area contributed by atoms with Crippen LogP contribution in [0.25, 0.3) is 5.69 Å². The van der Waals surface area contributed by atoms with Gasteiger partial charge in [-0.2, -0.15) is 10.2 Å². The lowest BCUT2D eigenvalue weighted by atomic mass is 10.00. The summed E-state index contributed by atoms with van der Waals surface area (Å²) in [6, 6.07) is 9.96. The van der Waals surface area contributed by atoms with Crippen molar-refractivity contribution < 1.29 is 5.11 Å². The minimum absolute atomic E-state index is 0.313. The van der Waals surface area contributed by atoms with Crippen molar-refractivity contribution in [1.29, 1.82) is 0 Å². The zero-order valence-corrected chi connectivity index (χ0v) is 16.5. The lowest BCUT2D eigenvalue weighted by Crippen LogP contribution is -2.44. The number of para-hydroxylation sites is 1. The SMILES string of the molecule is CCNC(=NCc1cnn(-c2ccccc2)c1)NCC(C)(O)c1cnn(C)c1. The fraction of sp³-hybridized carbons (Fsp3) is 0.350. The van der Waals surface area contributed by atoms with E-state index in [1.54, 1.807) is 17.8 Å². The van der Waals surface area contributed by atoms with Crippen LogP contribution in [0.3, 0.4) is 0 Å². The van der Waals surface area contributed by atoms with E-state index in [1.165, 1.54) is 0 Å². The summed E-state index contributed by atoms with van der Waals surface area (Å²) < 4.78 is 3.51. The van der Waals surface area contributed by atoms with Crippen LogP contribution in [0.4, 0.5) is 0 Å². The van der Waals surface area contributed by atoms with Crippen LogP contribution in [0.1, 0.15) is 25.0 Å². The van der Waals surface area contributed by atoms with E-state index in [-0.39, 0.29) is 0 Å². The number of aliphatic hydroxyl groups is 1. The lowest BCUT2D eigenvalue weighted by molar-refractivity contribution is 0.0616. The number of hydrogen-bond donors (Lipinski definition) is 3. The van der Waals surface area contributed by atoms with Gasteiger partial charge in [-0.15, -0.1) is 0 Å². The van der Waals surface area contributed by atoms with Crippen molar-refractivity contribution in [1.82, 2.24) is 30.2 Å². The Bertz CT molecular complexity index is 912. The maximum Gasteiger partial charge on any atom is 0.191 e. The van der Waals surface area contributed by atoms with Crippen LogP contribution in [0.2, 0.25) is 0 Å². The Kier molecular flexibility index (Phi) is 6.10. The molecule has 1 aromatic carbocycles. The van der Waals surface area contributed by atoms with Crippen LogP contribution >= 0.6 is 0 Å². The van der Waals surface area contributed by atoms with Gasteiger partial charge in [0.15, 0.2) is 5.96 Å². The van der Waals surface area contributed by atoms with Crippen LogP contribution in [-0.4, -0.2) is 43.7 Å². The summed E-state index contributed by atoms with van der Waals surface area (Å²) in [5, 5.41) is 25.6. The standard InChI is InChI=1S/C20H27N7O/c1-4-21-19(23-15-20(2,28)17-12-24-26(3)14-17)22-10-16-11-25-27(13-16)18-8-6-5-7-9-18/h5-9,11-14,28H,4,10,15H2,1-3H3,(H2,21,22,23). The van der Waals surface area contributed by atoms with Gasteiger partial charge in [-0.1, -0.05) is 18.2 Å². The molecule has 8 nitrogen and oxygen atoms in total. The van der Waals surface area contributed by atoms with Gasteiger partial charge in [-0.05, 0) is 26.0 Å². The summed E-state index contributed by atoms with van der Waals surface area (Å²) in [5.41, 5.74) is 1.71. The summed E-state index contributed by atoms with van der Waals surface area (Å²) in [7, 11) is 1.83. The second-order valence-electron chi connectivity index (χ2n) is 6.85. The maximum atomic E-state index is 10.7. The van der Waals surface area contributed by atoms with E-state index in [1.807, 2.05) is 67.6 Å². The highest BCUT2D eigenvalue weighted by atomic mass is 16.3. The predicted molar refractivity (Wildman–Crippen MR) is 109 cm³/mol. The Morgan fingerprint density at radius 2 is 1.93 bits per heavy atom. The quantitative estimate of drug-likeness (QED) is 0.427. The molecule has 0 radical (unpaired) electrons. The molecule has 0 aliphatic carbocycles. The molecule has 2 aromatic heterocycles. The van der Waals surface area contributed by atoms with E-state index in [9.17, 15) is 5.11 Å². The third-order valence-corrected chi connectivity index (χ3v) is 4.35. The number of aromatic nitrogens is 4. The van der Waals surface area contributed by atoms with Gasteiger partial charge in [0.05, 0.1) is 31.2 Å². The molecule has 3 aromatic rings. The van der Waals surface area contributed by atoms with Crippen molar-refractivity contribution in [3.63, 3.8) is 0 Å². The average molecular weight is 381 g/mol. The topological polar surface area (TPSA) is 92.3 Å². The second kappa shape index (κ2) is 8.71. The molecular weight excluding hydrogens is 354 g/mol. The molecule has 3 rings (SSSR count). The van der Waals surface area contributed by atoms with Gasteiger partial charge in [-0.25, -0.2) is 9.67 Å². The van der Waals surface area contributed by atoms with Gasteiger partial charge in [0.25, 0.3) is 0 Å². The Morgan fingerprint density at radius 1 is 1.14 bits per heavy atom. The highest BCUT2D eigenvalue weighted by Crippen LogP contribution is 2.18. The van der Waals surface area contributed by atoms with Crippen LogP contribution in [-0.2, 0) is 19.2 Å². The molecule has 1 atom stereocenters. The van der Waals surface area contributed by atoms with Crippen molar-refractivity contribution in [2.75, 3.05) is 13.1 Å². The highest BCUT2D eigenvalue weighted by Gasteiger charge is 2.25. The van der Waals surface area contributed by atoms with E-state index >= 15 is 0 Å². The summed E-state index contributed by atoms with van der Waals surface area (Å²) in [6.45, 7) is 5.28. The van der Waals surface area contributed by atoms with E-state index in [0.717, 1.165) is 23.4 Å². The van der Waals surface area contributed by atoms with Crippen LogP contribution in [0, 0.1) is 0 Å². The van der Waals surface area contributed by atoms with Crippen molar-refractivity contribution in [3.8, 4) is 5.69 Å². The number of benzene rings is 1. The molecular formula is C20H27N7O. The minimum Gasteiger partial charge on any atom is -0.383 e. The highest BCUT2D eigenvalue weighted by molar-refractivity contribution is 5.79. The van der Waals surface area contributed by atoms with E-state index in [0.29, 0.717) is 19.0 Å². The van der Waals surface area contributed by atoms with Crippen LogP contribution in [0.15, 0.2) is 60.1 Å². The van der Waals surface area contributed by atoms with Crippen LogP contribution in [0.5, 0.6) is 0 Å². The van der Waals surface area contributed by atoms with Crippen molar-refractivity contribution in [2.24, 2.45) is 12.0 Å². The van der Waals surface area contributed by atoms with Gasteiger partial charge in [0, 0.05) is 37.1 Å². The summed E-state index contributed by atoms with van der Waals surface area (Å²) in [5.74, 6) is 0.638. The monoisotopic (exact) mass is 381 g/mol. The minimum atomic E-state index is -1.05. The number of aryl methyl sites for hydroxylation is 1. The van der Waals surface area contributed by atoms with Gasteiger partial charge < -0.3 is 15.7 Å². The first-order valence-electron chi connectivity index (χ1n) is 9.30. The molecule has 0 saturated carbocycles. The fourth-order valence-electron chi connectivity index (χ4n) is 2.73. The third-order valence-electron chi connectivity index (χ3n) is 4.35. The maximum absolute atomic E-state index is 10.7.